The highest BCUT2D eigenvalue weighted by Crippen LogP contribution is 2.15. The quantitative estimate of drug-likeness (QED) is 0.540. The maximum absolute atomic E-state index is 12.3. The molecule has 0 atom stereocenters. The zero-order valence-corrected chi connectivity index (χ0v) is 17.5. The molecule has 0 aliphatic carbocycles. The van der Waals surface area contributed by atoms with E-state index >= 15 is 0 Å². The summed E-state index contributed by atoms with van der Waals surface area (Å²) in [7, 11) is 1.63. The maximum Gasteiger partial charge on any atom is 0.255 e. The lowest BCUT2D eigenvalue weighted by atomic mass is 10.1. The van der Waals surface area contributed by atoms with E-state index in [0.717, 1.165) is 10.0 Å². The minimum Gasteiger partial charge on any atom is -0.383 e. The molecule has 150 valence electrons. The van der Waals surface area contributed by atoms with Gasteiger partial charge in [0.15, 0.2) is 0 Å². The molecular weight excluding hydrogens is 436 g/mol. The number of amides is 2. The number of benzene rings is 2. The summed E-state index contributed by atoms with van der Waals surface area (Å²) in [5.74, 6) is -0.323. The van der Waals surface area contributed by atoms with Gasteiger partial charge in [0.05, 0.1) is 31.5 Å². The van der Waals surface area contributed by atoms with E-state index in [1.807, 2.05) is 24.3 Å². The first-order chi connectivity index (χ1) is 14.0. The van der Waals surface area contributed by atoms with Crippen molar-refractivity contribution in [3.8, 4) is 0 Å². The van der Waals surface area contributed by atoms with Gasteiger partial charge in [-0.2, -0.15) is 5.10 Å². The fourth-order valence-electron chi connectivity index (χ4n) is 2.64. The summed E-state index contributed by atoms with van der Waals surface area (Å²) < 4.78 is 7.63. The fraction of sp³-hybridized carbons (Fsp3) is 0.190. The highest BCUT2D eigenvalue weighted by Gasteiger charge is 2.08. The Kier molecular flexibility index (Phi) is 7.15. The minimum atomic E-state index is -0.187. The van der Waals surface area contributed by atoms with Crippen molar-refractivity contribution >= 4 is 39.1 Å². The van der Waals surface area contributed by atoms with Crippen LogP contribution in [0.25, 0.3) is 0 Å². The third-order valence-electron chi connectivity index (χ3n) is 4.12. The number of aromatic nitrogens is 2. The van der Waals surface area contributed by atoms with Gasteiger partial charge in [0.25, 0.3) is 5.91 Å². The van der Waals surface area contributed by atoms with Crippen LogP contribution in [0.15, 0.2) is 65.4 Å². The predicted octanol–water partition coefficient (Wildman–Crippen LogP) is 3.73. The molecule has 1 heterocycles. The van der Waals surface area contributed by atoms with E-state index in [2.05, 4.69) is 31.7 Å². The van der Waals surface area contributed by atoms with E-state index in [4.69, 9.17) is 4.74 Å². The third-order valence-corrected chi connectivity index (χ3v) is 4.65. The number of nitrogens with one attached hydrogen (secondary N) is 2. The van der Waals surface area contributed by atoms with Gasteiger partial charge in [-0.25, -0.2) is 0 Å². The van der Waals surface area contributed by atoms with Crippen LogP contribution in [0.2, 0.25) is 0 Å². The number of ether oxygens (including phenoxy) is 1. The monoisotopic (exact) mass is 456 g/mol. The van der Waals surface area contributed by atoms with Gasteiger partial charge in [0.2, 0.25) is 5.91 Å². The number of anilines is 2. The van der Waals surface area contributed by atoms with Crippen molar-refractivity contribution in [2.75, 3.05) is 24.4 Å². The van der Waals surface area contributed by atoms with Crippen LogP contribution in [0.4, 0.5) is 11.4 Å². The second-order valence-corrected chi connectivity index (χ2v) is 7.28. The molecule has 0 bridgehead atoms. The largest absolute Gasteiger partial charge is 0.383 e. The van der Waals surface area contributed by atoms with E-state index in [-0.39, 0.29) is 18.2 Å². The Morgan fingerprint density at radius 3 is 2.45 bits per heavy atom. The van der Waals surface area contributed by atoms with Crippen LogP contribution in [0, 0.1) is 0 Å². The molecule has 0 spiro atoms. The van der Waals surface area contributed by atoms with E-state index < -0.39 is 0 Å². The number of rotatable bonds is 8. The summed E-state index contributed by atoms with van der Waals surface area (Å²) in [6.45, 7) is 1.18. The second kappa shape index (κ2) is 9.99. The summed E-state index contributed by atoms with van der Waals surface area (Å²) in [5.41, 5.74) is 2.73. The van der Waals surface area contributed by atoms with Crippen LogP contribution in [-0.4, -0.2) is 35.3 Å². The minimum absolute atomic E-state index is 0.136. The molecule has 1 aromatic heterocycles. The molecule has 0 unspecified atom stereocenters. The molecule has 0 aliphatic heterocycles. The van der Waals surface area contributed by atoms with Gasteiger partial charge in [-0.15, -0.1) is 0 Å². The van der Waals surface area contributed by atoms with Crippen LogP contribution in [-0.2, 0) is 22.5 Å². The lowest BCUT2D eigenvalue weighted by Gasteiger charge is -2.07. The molecule has 2 N–H and O–H groups in total. The Balaban J connectivity index is 1.51. The Labute approximate surface area is 177 Å². The molecule has 0 saturated carbocycles. The van der Waals surface area contributed by atoms with Gasteiger partial charge in [-0.05, 0) is 42.0 Å². The molecule has 7 nitrogen and oxygen atoms in total. The fourth-order valence-corrected chi connectivity index (χ4v) is 2.90. The number of hydrogen-bond donors (Lipinski definition) is 2. The van der Waals surface area contributed by atoms with Gasteiger partial charge in [0, 0.05) is 29.0 Å². The molecule has 3 aromatic rings. The van der Waals surface area contributed by atoms with Crippen LogP contribution < -0.4 is 10.6 Å². The zero-order valence-electron chi connectivity index (χ0n) is 15.9. The summed E-state index contributed by atoms with van der Waals surface area (Å²) >= 11 is 3.35. The van der Waals surface area contributed by atoms with Crippen molar-refractivity contribution in [2.45, 2.75) is 13.0 Å². The van der Waals surface area contributed by atoms with E-state index in [1.165, 1.54) is 0 Å². The molecule has 29 heavy (non-hydrogen) atoms. The second-order valence-electron chi connectivity index (χ2n) is 6.37. The number of carbonyl (C=O) groups excluding carboxylic acids is 2. The number of nitrogens with zero attached hydrogens (tertiary/aromatic N) is 2. The van der Waals surface area contributed by atoms with Crippen molar-refractivity contribution in [2.24, 2.45) is 0 Å². The Morgan fingerprint density at radius 2 is 1.76 bits per heavy atom. The smallest absolute Gasteiger partial charge is 0.255 e. The SMILES string of the molecule is COCCn1cc(NC(=O)Cc2ccc(NC(=O)c3ccc(Br)cc3)cc2)cn1. The highest BCUT2D eigenvalue weighted by molar-refractivity contribution is 9.10. The standard InChI is InChI=1S/C21H21BrN4O3/c1-29-11-10-26-14-19(13-23-26)24-20(27)12-15-2-8-18(9-3-15)25-21(28)16-4-6-17(22)7-5-16/h2-9,13-14H,10-12H2,1H3,(H,24,27)(H,25,28). The van der Waals surface area contributed by atoms with Crippen LogP contribution in [0.3, 0.4) is 0 Å². The lowest BCUT2D eigenvalue weighted by Crippen LogP contribution is -2.14. The summed E-state index contributed by atoms with van der Waals surface area (Å²) in [5, 5.41) is 9.83. The van der Waals surface area contributed by atoms with E-state index in [1.54, 1.807) is 48.5 Å². The molecule has 0 aliphatic rings. The van der Waals surface area contributed by atoms with Crippen molar-refractivity contribution < 1.29 is 14.3 Å². The van der Waals surface area contributed by atoms with E-state index in [9.17, 15) is 9.59 Å². The summed E-state index contributed by atoms with van der Waals surface area (Å²) in [6.07, 6.45) is 3.59. The van der Waals surface area contributed by atoms with Gasteiger partial charge in [-0.3, -0.25) is 14.3 Å². The van der Waals surface area contributed by atoms with Crippen molar-refractivity contribution in [1.82, 2.24) is 9.78 Å². The topological polar surface area (TPSA) is 85.2 Å². The Hall–Kier alpha value is -2.97. The third kappa shape index (κ3) is 6.27. The van der Waals surface area contributed by atoms with Gasteiger partial charge >= 0.3 is 0 Å². The first-order valence-electron chi connectivity index (χ1n) is 9.00. The van der Waals surface area contributed by atoms with Crippen molar-refractivity contribution in [1.29, 1.82) is 0 Å². The molecular formula is C21H21BrN4O3. The maximum atomic E-state index is 12.3. The average Bonchev–Trinajstić information content (AvgIpc) is 3.15. The number of carbonyl (C=O) groups is 2. The van der Waals surface area contributed by atoms with Gasteiger partial charge in [-0.1, -0.05) is 28.1 Å². The lowest BCUT2D eigenvalue weighted by molar-refractivity contribution is -0.115. The molecule has 2 aromatic carbocycles. The molecule has 0 saturated heterocycles. The summed E-state index contributed by atoms with van der Waals surface area (Å²) in [6, 6.07) is 14.3. The normalized spacial score (nSPS) is 10.6. The van der Waals surface area contributed by atoms with Crippen LogP contribution in [0.1, 0.15) is 15.9 Å². The zero-order chi connectivity index (χ0) is 20.6. The summed E-state index contributed by atoms with van der Waals surface area (Å²) in [4.78, 5) is 24.5. The van der Waals surface area contributed by atoms with Crippen molar-refractivity contribution in [3.63, 3.8) is 0 Å². The first kappa shape index (κ1) is 20.8. The Bertz CT molecular complexity index is 968. The predicted molar refractivity (Wildman–Crippen MR) is 115 cm³/mol. The molecule has 8 heteroatoms. The molecule has 0 fully saturated rings. The molecule has 3 rings (SSSR count). The first-order valence-corrected chi connectivity index (χ1v) is 9.80. The number of halogens is 1. The highest BCUT2D eigenvalue weighted by atomic mass is 79.9. The van der Waals surface area contributed by atoms with Crippen molar-refractivity contribution in [3.05, 3.63) is 76.5 Å². The van der Waals surface area contributed by atoms with Gasteiger partial charge < -0.3 is 15.4 Å². The van der Waals surface area contributed by atoms with Crippen LogP contribution >= 0.6 is 15.9 Å². The van der Waals surface area contributed by atoms with E-state index in [0.29, 0.717) is 30.1 Å². The van der Waals surface area contributed by atoms with Crippen LogP contribution in [0.5, 0.6) is 0 Å². The van der Waals surface area contributed by atoms with Gasteiger partial charge in [0.1, 0.15) is 0 Å². The molecule has 0 radical (unpaired) electrons. The number of hydrogen-bond acceptors (Lipinski definition) is 4. The average molecular weight is 457 g/mol. The Morgan fingerprint density at radius 1 is 1.03 bits per heavy atom. The molecule has 2 amide bonds. The number of methoxy groups -OCH3 is 1.